The number of nitrogens with zero attached hydrogens (tertiary/aromatic N) is 2. The van der Waals surface area contributed by atoms with Crippen molar-refractivity contribution in [3.05, 3.63) is 46.7 Å². The highest BCUT2D eigenvalue weighted by Crippen LogP contribution is 2.20. The fourth-order valence-electron chi connectivity index (χ4n) is 1.72. The minimum atomic E-state index is -0.123. The van der Waals surface area contributed by atoms with Gasteiger partial charge >= 0.3 is 0 Å². The Hall–Kier alpha value is -1.27. The van der Waals surface area contributed by atoms with Crippen LogP contribution in [-0.4, -0.2) is 21.7 Å². The maximum atomic E-state index is 12.2. The molecule has 2 rings (SSSR count). The third kappa shape index (κ3) is 3.84. The minimum Gasteiger partial charge on any atom is -0.348 e. The van der Waals surface area contributed by atoms with Gasteiger partial charge < -0.3 is 5.32 Å². The largest absolute Gasteiger partial charge is 0.348 e. The molecule has 0 spiro atoms. The Morgan fingerprint density at radius 2 is 2.37 bits per heavy atom. The van der Waals surface area contributed by atoms with Crippen molar-refractivity contribution in [2.24, 2.45) is 0 Å². The van der Waals surface area contributed by atoms with Crippen LogP contribution >= 0.6 is 28.6 Å². The van der Waals surface area contributed by atoms with Gasteiger partial charge in [0.1, 0.15) is 0 Å². The first-order chi connectivity index (χ1) is 9.06. The minimum absolute atomic E-state index is 0.0112. The van der Waals surface area contributed by atoms with Crippen molar-refractivity contribution in [2.75, 3.05) is 0 Å². The van der Waals surface area contributed by atoms with Gasteiger partial charge in [-0.25, -0.2) is 0 Å². The lowest BCUT2D eigenvalue weighted by atomic mass is 10.2. The molecule has 0 saturated carbocycles. The number of rotatable bonds is 4. The van der Waals surface area contributed by atoms with Crippen LogP contribution < -0.4 is 5.32 Å². The first kappa shape index (κ1) is 14.1. The average molecular weight is 340 g/mol. The van der Waals surface area contributed by atoms with Gasteiger partial charge in [0.25, 0.3) is 5.91 Å². The number of benzene rings is 1. The third-order valence-electron chi connectivity index (χ3n) is 2.59. The molecule has 4 nitrogen and oxygen atoms in total. The molecular weight excluding hydrogens is 326 g/mol. The van der Waals surface area contributed by atoms with Gasteiger partial charge in [-0.2, -0.15) is 5.10 Å². The second-order valence-electron chi connectivity index (χ2n) is 4.27. The van der Waals surface area contributed by atoms with Gasteiger partial charge in [0.2, 0.25) is 0 Å². The highest BCUT2D eigenvalue weighted by molar-refractivity contribution is 9.10. The van der Waals surface area contributed by atoms with Gasteiger partial charge in [-0.15, -0.1) is 12.6 Å². The molecule has 0 radical (unpaired) electrons. The SMILES string of the molecule is CC(Cn1cccn1)NC(=O)c1cc(S)ccc1Br. The molecule has 0 aliphatic carbocycles. The van der Waals surface area contributed by atoms with E-state index in [-0.39, 0.29) is 11.9 Å². The molecule has 1 amide bonds. The number of halogens is 1. The summed E-state index contributed by atoms with van der Waals surface area (Å²) >= 11 is 7.61. The predicted molar refractivity (Wildman–Crippen MR) is 80.5 cm³/mol. The van der Waals surface area contributed by atoms with E-state index < -0.39 is 0 Å². The summed E-state index contributed by atoms with van der Waals surface area (Å²) in [5, 5.41) is 7.05. The molecule has 1 heterocycles. The van der Waals surface area contributed by atoms with Crippen molar-refractivity contribution in [3.63, 3.8) is 0 Å². The third-order valence-corrected chi connectivity index (χ3v) is 3.56. The van der Waals surface area contributed by atoms with Gasteiger partial charge in [-0.1, -0.05) is 0 Å². The Kier molecular flexibility index (Phi) is 4.66. The van der Waals surface area contributed by atoms with Crippen LogP contribution in [-0.2, 0) is 6.54 Å². The van der Waals surface area contributed by atoms with Crippen LogP contribution in [0.15, 0.2) is 46.0 Å². The fourth-order valence-corrected chi connectivity index (χ4v) is 2.35. The van der Waals surface area contributed by atoms with Gasteiger partial charge in [-0.3, -0.25) is 9.48 Å². The van der Waals surface area contributed by atoms with E-state index in [0.717, 1.165) is 9.37 Å². The summed E-state index contributed by atoms with van der Waals surface area (Å²) in [4.78, 5) is 12.9. The molecule has 0 aliphatic rings. The normalized spacial score (nSPS) is 12.2. The summed E-state index contributed by atoms with van der Waals surface area (Å²) in [7, 11) is 0. The van der Waals surface area contributed by atoms with Crippen molar-refractivity contribution in [1.29, 1.82) is 0 Å². The standard InChI is InChI=1S/C13H14BrN3OS/c1-9(8-17-6-2-5-15-17)16-13(18)11-7-10(19)3-4-12(11)14/h2-7,9,19H,8H2,1H3,(H,16,18). The smallest absolute Gasteiger partial charge is 0.252 e. The van der Waals surface area contributed by atoms with E-state index in [9.17, 15) is 4.79 Å². The zero-order valence-electron chi connectivity index (χ0n) is 10.4. The molecule has 0 bridgehead atoms. The fraction of sp³-hybridized carbons (Fsp3) is 0.231. The van der Waals surface area contributed by atoms with Crippen LogP contribution in [0.1, 0.15) is 17.3 Å². The van der Waals surface area contributed by atoms with Gasteiger partial charge in [0.15, 0.2) is 0 Å². The number of hydrogen-bond acceptors (Lipinski definition) is 3. The zero-order chi connectivity index (χ0) is 13.8. The van der Waals surface area contributed by atoms with E-state index in [1.165, 1.54) is 0 Å². The molecule has 0 fully saturated rings. The number of aromatic nitrogens is 2. The van der Waals surface area contributed by atoms with Gasteiger partial charge in [0, 0.05) is 27.8 Å². The Bertz CT molecular complexity index is 571. The van der Waals surface area contributed by atoms with E-state index >= 15 is 0 Å². The molecule has 19 heavy (non-hydrogen) atoms. The number of hydrogen-bond donors (Lipinski definition) is 2. The van der Waals surface area contributed by atoms with Crippen LogP contribution in [0, 0.1) is 0 Å². The van der Waals surface area contributed by atoms with Crippen LogP contribution in [0.2, 0.25) is 0 Å². The van der Waals surface area contributed by atoms with Crippen molar-refractivity contribution in [3.8, 4) is 0 Å². The second kappa shape index (κ2) is 6.25. The molecule has 1 unspecified atom stereocenters. The van der Waals surface area contributed by atoms with Crippen LogP contribution in [0.25, 0.3) is 0 Å². The van der Waals surface area contributed by atoms with Crippen LogP contribution in [0.3, 0.4) is 0 Å². The molecule has 1 aromatic carbocycles. The lowest BCUT2D eigenvalue weighted by Crippen LogP contribution is -2.36. The summed E-state index contributed by atoms with van der Waals surface area (Å²) in [6.45, 7) is 2.58. The monoisotopic (exact) mass is 339 g/mol. The van der Waals surface area contributed by atoms with Gasteiger partial charge in [-0.05, 0) is 47.1 Å². The van der Waals surface area contributed by atoms with E-state index in [0.29, 0.717) is 12.1 Å². The number of carbonyl (C=O) groups excluding carboxylic acids is 1. The van der Waals surface area contributed by atoms with Crippen LogP contribution in [0.5, 0.6) is 0 Å². The lowest BCUT2D eigenvalue weighted by molar-refractivity contribution is 0.0935. The molecule has 1 atom stereocenters. The summed E-state index contributed by atoms with van der Waals surface area (Å²) in [5.41, 5.74) is 0.583. The first-order valence-corrected chi connectivity index (χ1v) is 7.07. The quantitative estimate of drug-likeness (QED) is 0.841. The number of carbonyl (C=O) groups is 1. The summed E-state index contributed by atoms with van der Waals surface area (Å²) in [6.07, 6.45) is 3.59. The molecule has 0 saturated heterocycles. The zero-order valence-corrected chi connectivity index (χ0v) is 12.9. The highest BCUT2D eigenvalue weighted by Gasteiger charge is 2.13. The molecule has 6 heteroatoms. The lowest BCUT2D eigenvalue weighted by Gasteiger charge is -2.14. The van der Waals surface area contributed by atoms with E-state index in [4.69, 9.17) is 0 Å². The van der Waals surface area contributed by atoms with Crippen molar-refractivity contribution in [1.82, 2.24) is 15.1 Å². The number of amides is 1. The van der Waals surface area contributed by atoms with E-state index in [1.807, 2.05) is 31.3 Å². The second-order valence-corrected chi connectivity index (χ2v) is 5.64. The maximum absolute atomic E-state index is 12.2. The summed E-state index contributed by atoms with van der Waals surface area (Å²) < 4.78 is 2.55. The van der Waals surface area contributed by atoms with Crippen LogP contribution in [0.4, 0.5) is 0 Å². The van der Waals surface area contributed by atoms with Crippen molar-refractivity contribution < 1.29 is 4.79 Å². The van der Waals surface area contributed by atoms with Crippen molar-refractivity contribution >= 4 is 34.5 Å². The van der Waals surface area contributed by atoms with Gasteiger partial charge in [0.05, 0.1) is 12.1 Å². The highest BCUT2D eigenvalue weighted by atomic mass is 79.9. The molecular formula is C13H14BrN3OS. The topological polar surface area (TPSA) is 46.9 Å². The molecule has 2 aromatic rings. The Balaban J connectivity index is 2.02. The molecule has 1 aromatic heterocycles. The first-order valence-electron chi connectivity index (χ1n) is 5.83. The maximum Gasteiger partial charge on any atom is 0.252 e. The predicted octanol–water partition coefficient (Wildman–Crippen LogP) is 2.75. The van der Waals surface area contributed by atoms with E-state index in [1.54, 1.807) is 16.9 Å². The Morgan fingerprint density at radius 3 is 3.05 bits per heavy atom. The molecule has 100 valence electrons. The van der Waals surface area contributed by atoms with Crippen molar-refractivity contribution in [2.45, 2.75) is 24.4 Å². The Labute approximate surface area is 125 Å². The number of thiol groups is 1. The average Bonchev–Trinajstić information content (AvgIpc) is 2.84. The number of nitrogens with one attached hydrogen (secondary N) is 1. The summed E-state index contributed by atoms with van der Waals surface area (Å²) in [5.74, 6) is -0.123. The Morgan fingerprint density at radius 1 is 1.58 bits per heavy atom. The molecule has 1 N–H and O–H groups in total. The van der Waals surface area contributed by atoms with E-state index in [2.05, 4.69) is 39.0 Å². The summed E-state index contributed by atoms with van der Waals surface area (Å²) in [6, 6.07) is 7.23. The molecule has 0 aliphatic heterocycles.